The van der Waals surface area contributed by atoms with E-state index in [0.717, 1.165) is 33.6 Å². The van der Waals surface area contributed by atoms with Gasteiger partial charge < -0.3 is 10.1 Å². The maximum Gasteiger partial charge on any atom is 0.262 e. The molecule has 24 heavy (non-hydrogen) atoms. The molecule has 0 aliphatic carbocycles. The summed E-state index contributed by atoms with van der Waals surface area (Å²) in [6.07, 6.45) is 1.62. The Bertz CT molecular complexity index is 915. The molecule has 0 aliphatic heterocycles. The van der Waals surface area contributed by atoms with Crippen molar-refractivity contribution in [3.63, 3.8) is 0 Å². The molecule has 6 heteroatoms. The van der Waals surface area contributed by atoms with Crippen molar-refractivity contribution in [3.05, 3.63) is 47.3 Å². The zero-order valence-corrected chi connectivity index (χ0v) is 14.3. The van der Waals surface area contributed by atoms with Gasteiger partial charge in [0.1, 0.15) is 5.75 Å². The van der Waals surface area contributed by atoms with E-state index in [1.54, 1.807) is 10.9 Å². The highest BCUT2D eigenvalue weighted by atomic mass is 16.5. The van der Waals surface area contributed by atoms with Crippen molar-refractivity contribution in [2.45, 2.75) is 20.8 Å². The number of nitrogens with one attached hydrogen (secondary N) is 1. The van der Waals surface area contributed by atoms with Gasteiger partial charge in [-0.25, -0.2) is 4.98 Å². The third kappa shape index (κ3) is 3.22. The molecule has 1 amide bonds. The average molecular weight is 324 g/mol. The second kappa shape index (κ2) is 6.31. The van der Waals surface area contributed by atoms with E-state index in [9.17, 15) is 4.79 Å². The number of pyridine rings is 1. The highest BCUT2D eigenvalue weighted by Gasteiger charge is 2.10. The lowest BCUT2D eigenvalue weighted by Crippen LogP contribution is -2.20. The monoisotopic (exact) mass is 324 g/mol. The summed E-state index contributed by atoms with van der Waals surface area (Å²) in [4.78, 5) is 16.5. The Morgan fingerprint density at radius 2 is 2.04 bits per heavy atom. The number of ether oxygens (including phenoxy) is 1. The summed E-state index contributed by atoms with van der Waals surface area (Å²) in [6.45, 7) is 5.81. The van der Waals surface area contributed by atoms with Crippen molar-refractivity contribution in [2.24, 2.45) is 7.05 Å². The molecule has 2 heterocycles. The standard InChI is InChI=1S/C18H20N4O2/c1-11-5-6-12(2)16(7-11)24-10-17(23)20-14-8-15-13(3)21-22(4)18(15)19-9-14/h5-9H,10H2,1-4H3,(H,20,23). The third-order valence-corrected chi connectivity index (χ3v) is 3.85. The number of rotatable bonds is 4. The average Bonchev–Trinajstić information content (AvgIpc) is 2.82. The van der Waals surface area contributed by atoms with Gasteiger partial charge in [-0.2, -0.15) is 5.10 Å². The first-order chi connectivity index (χ1) is 11.4. The van der Waals surface area contributed by atoms with Crippen molar-refractivity contribution in [1.29, 1.82) is 0 Å². The minimum Gasteiger partial charge on any atom is -0.483 e. The van der Waals surface area contributed by atoms with Crippen LogP contribution < -0.4 is 10.1 Å². The summed E-state index contributed by atoms with van der Waals surface area (Å²) >= 11 is 0. The molecule has 1 aromatic carbocycles. The van der Waals surface area contributed by atoms with E-state index in [1.807, 2.05) is 52.1 Å². The van der Waals surface area contributed by atoms with E-state index < -0.39 is 0 Å². The Labute approximate surface area is 140 Å². The minimum absolute atomic E-state index is 0.0473. The lowest BCUT2D eigenvalue weighted by atomic mass is 10.1. The predicted octanol–water partition coefficient (Wildman–Crippen LogP) is 2.91. The Morgan fingerprint density at radius 3 is 2.83 bits per heavy atom. The maximum atomic E-state index is 12.1. The highest BCUT2D eigenvalue weighted by Crippen LogP contribution is 2.20. The number of anilines is 1. The fraction of sp³-hybridized carbons (Fsp3) is 0.278. The van der Waals surface area contributed by atoms with Crippen LogP contribution in [0.2, 0.25) is 0 Å². The van der Waals surface area contributed by atoms with Crippen LogP contribution >= 0.6 is 0 Å². The summed E-state index contributed by atoms with van der Waals surface area (Å²) in [7, 11) is 1.85. The van der Waals surface area contributed by atoms with E-state index >= 15 is 0 Å². The van der Waals surface area contributed by atoms with Crippen LogP contribution in [0.5, 0.6) is 5.75 Å². The Kier molecular flexibility index (Phi) is 4.20. The number of carbonyl (C=O) groups excluding carboxylic acids is 1. The first-order valence-corrected chi connectivity index (χ1v) is 7.73. The first kappa shape index (κ1) is 16.0. The zero-order chi connectivity index (χ0) is 17.3. The Morgan fingerprint density at radius 1 is 1.25 bits per heavy atom. The van der Waals surface area contributed by atoms with Crippen molar-refractivity contribution in [2.75, 3.05) is 11.9 Å². The van der Waals surface area contributed by atoms with Crippen LogP contribution in [0.15, 0.2) is 30.5 Å². The van der Waals surface area contributed by atoms with Crippen molar-refractivity contribution in [1.82, 2.24) is 14.8 Å². The molecule has 6 nitrogen and oxygen atoms in total. The van der Waals surface area contributed by atoms with Gasteiger partial charge in [-0.3, -0.25) is 9.48 Å². The molecule has 0 radical (unpaired) electrons. The van der Waals surface area contributed by atoms with Crippen LogP contribution in [-0.4, -0.2) is 27.3 Å². The van der Waals surface area contributed by atoms with E-state index in [1.165, 1.54) is 0 Å². The number of hydrogen-bond acceptors (Lipinski definition) is 4. The fourth-order valence-electron chi connectivity index (χ4n) is 2.58. The molecule has 0 aliphatic rings. The van der Waals surface area contributed by atoms with Crippen molar-refractivity contribution < 1.29 is 9.53 Å². The fourth-order valence-corrected chi connectivity index (χ4v) is 2.58. The molecule has 3 aromatic rings. The van der Waals surface area contributed by atoms with Gasteiger partial charge in [-0.15, -0.1) is 0 Å². The van der Waals surface area contributed by atoms with E-state index in [2.05, 4.69) is 15.4 Å². The third-order valence-electron chi connectivity index (χ3n) is 3.85. The van der Waals surface area contributed by atoms with Gasteiger partial charge in [0.25, 0.3) is 5.91 Å². The van der Waals surface area contributed by atoms with Crippen LogP contribution in [0.4, 0.5) is 5.69 Å². The van der Waals surface area contributed by atoms with Gasteiger partial charge in [0.15, 0.2) is 12.3 Å². The van der Waals surface area contributed by atoms with Gasteiger partial charge in [0.05, 0.1) is 17.6 Å². The Balaban J connectivity index is 1.68. The van der Waals surface area contributed by atoms with Crippen LogP contribution in [0.25, 0.3) is 11.0 Å². The van der Waals surface area contributed by atoms with Gasteiger partial charge >= 0.3 is 0 Å². The second-order valence-electron chi connectivity index (χ2n) is 5.91. The quantitative estimate of drug-likeness (QED) is 0.801. The van der Waals surface area contributed by atoms with E-state index in [4.69, 9.17) is 4.74 Å². The van der Waals surface area contributed by atoms with Crippen molar-refractivity contribution in [3.8, 4) is 5.75 Å². The van der Waals surface area contributed by atoms with Crippen molar-refractivity contribution >= 4 is 22.6 Å². The zero-order valence-electron chi connectivity index (χ0n) is 14.3. The molecule has 0 saturated carbocycles. The molecule has 0 spiro atoms. The number of aryl methyl sites for hydroxylation is 4. The van der Waals surface area contributed by atoms with E-state index in [-0.39, 0.29) is 12.5 Å². The van der Waals surface area contributed by atoms with Gasteiger partial charge in [0.2, 0.25) is 0 Å². The molecule has 2 aromatic heterocycles. The summed E-state index contributed by atoms with van der Waals surface area (Å²) in [5, 5.41) is 8.05. The minimum atomic E-state index is -0.224. The molecule has 124 valence electrons. The Hall–Kier alpha value is -2.89. The number of fused-ring (bicyclic) bond motifs is 1. The second-order valence-corrected chi connectivity index (χ2v) is 5.91. The topological polar surface area (TPSA) is 69.0 Å². The smallest absolute Gasteiger partial charge is 0.262 e. The summed E-state index contributed by atoms with van der Waals surface area (Å²) in [6, 6.07) is 7.79. The van der Waals surface area contributed by atoms with Gasteiger partial charge in [0, 0.05) is 12.4 Å². The molecule has 0 bridgehead atoms. The molecule has 0 fully saturated rings. The number of benzene rings is 1. The highest BCUT2D eigenvalue weighted by molar-refractivity contribution is 5.94. The van der Waals surface area contributed by atoms with Crippen LogP contribution in [-0.2, 0) is 11.8 Å². The lowest BCUT2D eigenvalue weighted by molar-refractivity contribution is -0.118. The van der Waals surface area contributed by atoms with Gasteiger partial charge in [-0.1, -0.05) is 12.1 Å². The lowest BCUT2D eigenvalue weighted by Gasteiger charge is -2.10. The van der Waals surface area contributed by atoms with Gasteiger partial charge in [-0.05, 0) is 44.0 Å². The predicted molar refractivity (Wildman–Crippen MR) is 93.3 cm³/mol. The van der Waals surface area contributed by atoms with Crippen LogP contribution in [0.3, 0.4) is 0 Å². The normalized spacial score (nSPS) is 10.8. The number of aromatic nitrogens is 3. The van der Waals surface area contributed by atoms with Crippen LogP contribution in [0.1, 0.15) is 16.8 Å². The molecule has 3 rings (SSSR count). The maximum absolute atomic E-state index is 12.1. The molecular formula is C18H20N4O2. The summed E-state index contributed by atoms with van der Waals surface area (Å²) < 4.78 is 7.34. The molecule has 1 N–H and O–H groups in total. The molecular weight excluding hydrogens is 304 g/mol. The largest absolute Gasteiger partial charge is 0.483 e. The van der Waals surface area contributed by atoms with E-state index in [0.29, 0.717) is 5.69 Å². The number of nitrogens with zero attached hydrogens (tertiary/aromatic N) is 3. The number of hydrogen-bond donors (Lipinski definition) is 1. The number of carbonyl (C=O) groups is 1. The summed E-state index contributed by atoms with van der Waals surface area (Å²) in [5.74, 6) is 0.500. The van der Waals surface area contributed by atoms with Crippen LogP contribution in [0, 0.1) is 20.8 Å². The molecule has 0 atom stereocenters. The molecule has 0 saturated heterocycles. The molecule has 0 unspecified atom stereocenters. The first-order valence-electron chi connectivity index (χ1n) is 7.73. The SMILES string of the molecule is Cc1ccc(C)c(OCC(=O)Nc2cnc3c(c2)c(C)nn3C)c1. The number of amides is 1. The summed E-state index contributed by atoms with van der Waals surface area (Å²) in [5.41, 5.74) is 4.40.